The lowest BCUT2D eigenvalue weighted by Gasteiger charge is -2.29. The van der Waals surface area contributed by atoms with Gasteiger partial charge in [-0.15, -0.1) is 0 Å². The van der Waals surface area contributed by atoms with Crippen molar-refractivity contribution in [3.63, 3.8) is 0 Å². The van der Waals surface area contributed by atoms with Crippen LogP contribution in [-0.4, -0.2) is 44.4 Å². The number of rotatable bonds is 1. The molecule has 1 N–H and O–H groups in total. The van der Waals surface area contributed by atoms with Gasteiger partial charge in [-0.1, -0.05) is 6.08 Å². The van der Waals surface area contributed by atoms with Gasteiger partial charge in [0.1, 0.15) is 28.5 Å². The Morgan fingerprint density at radius 2 is 2.20 bits per heavy atom. The normalized spacial score (nSPS) is 15.0. The Bertz CT molecular complexity index is 899. The molecule has 1 aliphatic rings. The fourth-order valence-electron chi connectivity index (χ4n) is 2.78. The summed E-state index contributed by atoms with van der Waals surface area (Å²) < 4.78 is 6.89. The molecule has 0 aromatic carbocycles. The summed E-state index contributed by atoms with van der Waals surface area (Å²) in [4.78, 5) is 13.8. The Morgan fingerprint density at radius 3 is 2.80 bits per heavy atom. The van der Waals surface area contributed by atoms with Crippen LogP contribution in [0.25, 0.3) is 11.1 Å². The van der Waals surface area contributed by atoms with E-state index in [0.29, 0.717) is 30.6 Å². The van der Waals surface area contributed by atoms with Crippen LogP contribution in [0.2, 0.25) is 0 Å². The summed E-state index contributed by atoms with van der Waals surface area (Å²) in [6.45, 7) is 6.52. The van der Waals surface area contributed by atoms with Gasteiger partial charge < -0.3 is 14.7 Å². The summed E-state index contributed by atoms with van der Waals surface area (Å²) in [6.07, 6.45) is 5.48. The summed E-state index contributed by atoms with van der Waals surface area (Å²) in [5.41, 5.74) is 2.06. The Labute approximate surface area is 145 Å². The molecule has 0 saturated carbocycles. The molecule has 3 heterocycles. The Morgan fingerprint density at radius 1 is 1.44 bits per heavy atom. The Hall–Kier alpha value is -3.01. The highest BCUT2D eigenvalue weighted by Gasteiger charge is 2.24. The Kier molecular flexibility index (Phi) is 4.13. The topological polar surface area (TPSA) is 90.9 Å². The van der Waals surface area contributed by atoms with E-state index in [1.54, 1.807) is 17.2 Å². The van der Waals surface area contributed by atoms with E-state index < -0.39 is 5.60 Å². The van der Waals surface area contributed by atoms with Gasteiger partial charge in [0, 0.05) is 19.3 Å². The van der Waals surface area contributed by atoms with E-state index in [1.807, 2.05) is 32.9 Å². The molecule has 0 atom stereocenters. The molecule has 0 unspecified atom stereocenters. The van der Waals surface area contributed by atoms with E-state index in [-0.39, 0.29) is 11.8 Å². The maximum atomic E-state index is 12.1. The van der Waals surface area contributed by atoms with Crippen molar-refractivity contribution >= 4 is 17.2 Å². The minimum Gasteiger partial charge on any atom is -0.506 e. The van der Waals surface area contributed by atoms with Crippen molar-refractivity contribution in [2.45, 2.75) is 32.8 Å². The third kappa shape index (κ3) is 3.43. The SMILES string of the molecule is CC(C)(C)OC(=O)N1CC=C(c2cc(O)c3c(C#N)cnn3c2)CC1. The van der Waals surface area contributed by atoms with E-state index >= 15 is 0 Å². The molecule has 3 rings (SSSR count). The standard InChI is InChI=1S/C18H20N4O3/c1-18(2,3)25-17(24)21-6-4-12(5-7-21)13-8-15(23)16-14(9-19)10-20-22(16)11-13/h4,8,10-11,23H,5-7H2,1-3H3. The van der Waals surface area contributed by atoms with Crippen LogP contribution in [0.3, 0.4) is 0 Å². The van der Waals surface area contributed by atoms with Crippen LogP contribution in [-0.2, 0) is 4.74 Å². The van der Waals surface area contributed by atoms with Crippen LogP contribution in [0.4, 0.5) is 4.79 Å². The number of nitrogens with zero attached hydrogens (tertiary/aromatic N) is 4. The predicted octanol–water partition coefficient (Wildman–Crippen LogP) is 2.94. The summed E-state index contributed by atoms with van der Waals surface area (Å²) in [5.74, 6) is 0.0158. The van der Waals surface area contributed by atoms with E-state index in [9.17, 15) is 9.90 Å². The number of hydrogen-bond acceptors (Lipinski definition) is 5. The zero-order chi connectivity index (χ0) is 18.2. The molecule has 130 valence electrons. The third-order valence-corrected chi connectivity index (χ3v) is 3.94. The minimum atomic E-state index is -0.517. The molecule has 0 aliphatic carbocycles. The molecular formula is C18H20N4O3. The lowest BCUT2D eigenvalue weighted by molar-refractivity contribution is 0.0270. The van der Waals surface area contributed by atoms with Crippen LogP contribution in [0, 0.1) is 11.3 Å². The van der Waals surface area contributed by atoms with Crippen molar-refractivity contribution in [3.8, 4) is 11.8 Å². The van der Waals surface area contributed by atoms with Gasteiger partial charge in [-0.3, -0.25) is 0 Å². The van der Waals surface area contributed by atoms with E-state index in [0.717, 1.165) is 11.1 Å². The Balaban J connectivity index is 1.81. The molecule has 2 aromatic heterocycles. The zero-order valence-electron chi connectivity index (χ0n) is 14.5. The number of pyridine rings is 1. The van der Waals surface area contributed by atoms with Crippen LogP contribution in [0.15, 0.2) is 24.5 Å². The van der Waals surface area contributed by atoms with Crippen molar-refractivity contribution in [2.24, 2.45) is 0 Å². The van der Waals surface area contributed by atoms with Crippen LogP contribution >= 0.6 is 0 Å². The fraction of sp³-hybridized carbons (Fsp3) is 0.389. The van der Waals surface area contributed by atoms with E-state index in [1.165, 1.54) is 10.7 Å². The van der Waals surface area contributed by atoms with Crippen molar-refractivity contribution < 1.29 is 14.6 Å². The number of ether oxygens (including phenoxy) is 1. The fourth-order valence-corrected chi connectivity index (χ4v) is 2.78. The van der Waals surface area contributed by atoms with Gasteiger partial charge in [0.15, 0.2) is 0 Å². The minimum absolute atomic E-state index is 0.0158. The van der Waals surface area contributed by atoms with Crippen molar-refractivity contribution in [1.29, 1.82) is 5.26 Å². The first kappa shape index (κ1) is 16.8. The van der Waals surface area contributed by atoms with Crippen molar-refractivity contribution in [3.05, 3.63) is 35.7 Å². The maximum absolute atomic E-state index is 12.1. The number of aromatic nitrogens is 2. The molecule has 1 aliphatic heterocycles. The molecule has 7 nitrogen and oxygen atoms in total. The van der Waals surface area contributed by atoms with E-state index in [2.05, 4.69) is 5.10 Å². The largest absolute Gasteiger partial charge is 0.506 e. The highest BCUT2D eigenvalue weighted by atomic mass is 16.6. The first-order valence-corrected chi connectivity index (χ1v) is 8.06. The highest BCUT2D eigenvalue weighted by Crippen LogP contribution is 2.29. The number of carbonyl (C=O) groups is 1. The van der Waals surface area contributed by atoms with Crippen molar-refractivity contribution in [2.75, 3.05) is 13.1 Å². The molecule has 0 saturated heterocycles. The van der Waals surface area contributed by atoms with Crippen LogP contribution < -0.4 is 0 Å². The number of carbonyl (C=O) groups excluding carboxylic acids is 1. The second kappa shape index (κ2) is 6.13. The van der Waals surface area contributed by atoms with Gasteiger partial charge >= 0.3 is 6.09 Å². The molecule has 0 fully saturated rings. The quantitative estimate of drug-likeness (QED) is 0.862. The molecule has 0 bridgehead atoms. The van der Waals surface area contributed by atoms with E-state index in [4.69, 9.17) is 10.00 Å². The maximum Gasteiger partial charge on any atom is 0.410 e. The average Bonchev–Trinajstić information content (AvgIpc) is 2.97. The first-order valence-electron chi connectivity index (χ1n) is 8.06. The van der Waals surface area contributed by atoms with Crippen molar-refractivity contribution in [1.82, 2.24) is 14.5 Å². The summed E-state index contributed by atoms with van der Waals surface area (Å²) in [7, 11) is 0. The summed E-state index contributed by atoms with van der Waals surface area (Å²) in [5, 5.41) is 23.4. The molecule has 25 heavy (non-hydrogen) atoms. The second-order valence-corrected chi connectivity index (χ2v) is 6.98. The smallest absolute Gasteiger partial charge is 0.410 e. The number of fused-ring (bicyclic) bond motifs is 1. The lowest BCUT2D eigenvalue weighted by atomic mass is 10.0. The molecule has 0 radical (unpaired) electrons. The lowest BCUT2D eigenvalue weighted by Crippen LogP contribution is -2.39. The van der Waals surface area contributed by atoms with Gasteiger partial charge in [-0.2, -0.15) is 10.4 Å². The number of hydrogen-bond donors (Lipinski definition) is 1. The zero-order valence-corrected chi connectivity index (χ0v) is 14.5. The van der Waals surface area contributed by atoms with Crippen LogP contribution in [0.1, 0.15) is 38.3 Å². The number of nitriles is 1. The molecule has 2 aromatic rings. The van der Waals surface area contributed by atoms with Gasteiger partial charge in [0.25, 0.3) is 0 Å². The van der Waals surface area contributed by atoms with Gasteiger partial charge in [0.2, 0.25) is 0 Å². The third-order valence-electron chi connectivity index (χ3n) is 3.94. The monoisotopic (exact) mass is 340 g/mol. The average molecular weight is 340 g/mol. The van der Waals surface area contributed by atoms with Crippen LogP contribution in [0.5, 0.6) is 5.75 Å². The predicted molar refractivity (Wildman–Crippen MR) is 92.0 cm³/mol. The first-order chi connectivity index (χ1) is 11.8. The molecule has 1 amide bonds. The summed E-state index contributed by atoms with van der Waals surface area (Å²) >= 11 is 0. The summed E-state index contributed by atoms with van der Waals surface area (Å²) in [6, 6.07) is 3.64. The highest BCUT2D eigenvalue weighted by molar-refractivity contribution is 5.76. The molecular weight excluding hydrogens is 320 g/mol. The van der Waals surface area contributed by atoms with Gasteiger partial charge in [0.05, 0.1) is 6.20 Å². The van der Waals surface area contributed by atoms with Gasteiger partial charge in [-0.05, 0) is 44.4 Å². The number of amides is 1. The molecule has 0 spiro atoms. The second-order valence-electron chi connectivity index (χ2n) is 6.98. The molecule has 7 heteroatoms. The number of aromatic hydroxyl groups is 1. The van der Waals surface area contributed by atoms with Gasteiger partial charge in [-0.25, -0.2) is 9.31 Å².